The van der Waals surface area contributed by atoms with Crippen LogP contribution in [0, 0.1) is 6.92 Å². The van der Waals surface area contributed by atoms with Crippen molar-refractivity contribution >= 4 is 12.9 Å². The first kappa shape index (κ1) is 17.9. The van der Waals surface area contributed by atoms with E-state index in [1.807, 2.05) is 26.8 Å². The van der Waals surface area contributed by atoms with Gasteiger partial charge in [0.1, 0.15) is 12.4 Å². The molecular weight excluding hydrogens is 269 g/mol. The highest BCUT2D eigenvalue weighted by molar-refractivity contribution is 6.47. The van der Waals surface area contributed by atoms with Gasteiger partial charge in [-0.2, -0.15) is 0 Å². The van der Waals surface area contributed by atoms with Crippen LogP contribution in [0.4, 0.5) is 0 Å². The Bertz CT molecular complexity index is 457. The van der Waals surface area contributed by atoms with Gasteiger partial charge in [-0.1, -0.05) is 0 Å². The number of nitrogens with zero attached hydrogens (tertiary/aromatic N) is 1. The molecule has 1 aromatic heterocycles. The fraction of sp³-hybridized carbons (Fsp3) is 0.667. The average molecular weight is 294 g/mol. The minimum atomic E-state index is -0.959. The summed E-state index contributed by atoms with van der Waals surface area (Å²) in [7, 11) is 3.22. The van der Waals surface area contributed by atoms with Crippen LogP contribution in [0.5, 0.6) is 5.75 Å². The molecule has 0 atom stereocenters. The van der Waals surface area contributed by atoms with Gasteiger partial charge in [-0.05, 0) is 46.1 Å². The Morgan fingerprint density at radius 2 is 1.90 bits per heavy atom. The van der Waals surface area contributed by atoms with E-state index >= 15 is 0 Å². The zero-order chi connectivity index (χ0) is 16.1. The van der Waals surface area contributed by atoms with Gasteiger partial charge in [-0.25, -0.2) is 0 Å². The Morgan fingerprint density at radius 1 is 1.24 bits per heavy atom. The number of methoxy groups -OCH3 is 1. The molecule has 0 bridgehead atoms. The molecule has 0 aliphatic carbocycles. The van der Waals surface area contributed by atoms with Gasteiger partial charge in [0.05, 0.1) is 23.5 Å². The molecule has 1 aromatic rings. The van der Waals surface area contributed by atoms with Crippen LogP contribution in [0.2, 0.25) is 0 Å². The number of pyridine rings is 1. The number of aryl methyl sites for hydroxylation is 1. The number of hydrogen-bond acceptors (Lipinski definition) is 5. The highest BCUT2D eigenvalue weighted by Gasteiger charge is 2.35. The van der Waals surface area contributed by atoms with E-state index in [4.69, 9.17) is 14.1 Å². The van der Waals surface area contributed by atoms with Crippen LogP contribution in [0.1, 0.15) is 33.4 Å². The van der Waals surface area contributed by atoms with E-state index in [1.54, 1.807) is 34.6 Å². The molecule has 5 nitrogen and oxygen atoms in total. The number of rotatable bonds is 8. The minimum absolute atomic E-state index is 0.471. The highest BCUT2D eigenvalue weighted by atomic mass is 16.5. The number of hydrogen-bond donors (Lipinski definition) is 1. The summed E-state index contributed by atoms with van der Waals surface area (Å²) in [4.78, 5) is 4.28. The first-order valence-electron chi connectivity index (χ1n) is 6.99. The van der Waals surface area contributed by atoms with Crippen molar-refractivity contribution in [3.63, 3.8) is 0 Å². The van der Waals surface area contributed by atoms with Gasteiger partial charge in [0.2, 0.25) is 0 Å². The Morgan fingerprint density at radius 3 is 2.48 bits per heavy atom. The third-order valence-electron chi connectivity index (χ3n) is 3.57. The van der Waals surface area contributed by atoms with Crippen LogP contribution in [-0.2, 0) is 9.39 Å². The van der Waals surface area contributed by atoms with E-state index in [1.165, 1.54) is 0 Å². The molecule has 1 rings (SSSR count). The molecule has 117 valence electrons. The van der Waals surface area contributed by atoms with Gasteiger partial charge < -0.3 is 19.2 Å². The quantitative estimate of drug-likeness (QED) is 0.577. The van der Waals surface area contributed by atoms with Gasteiger partial charge >= 0.3 is 7.48 Å². The Balaban J connectivity index is 2.70. The van der Waals surface area contributed by atoms with Gasteiger partial charge in [-0.3, -0.25) is 4.98 Å². The van der Waals surface area contributed by atoms with Gasteiger partial charge in [0.25, 0.3) is 0 Å². The summed E-state index contributed by atoms with van der Waals surface area (Å²) in [6.07, 6.45) is 1.71. The topological polar surface area (TPSA) is 60.8 Å². The molecule has 0 aliphatic heterocycles. The van der Waals surface area contributed by atoms with Crippen molar-refractivity contribution in [3.05, 3.63) is 18.0 Å². The summed E-state index contributed by atoms with van der Waals surface area (Å²) in [5, 5.41) is 10.1. The van der Waals surface area contributed by atoms with E-state index in [9.17, 15) is 5.11 Å². The van der Waals surface area contributed by atoms with Crippen molar-refractivity contribution in [2.24, 2.45) is 0 Å². The standard InChI is InChI=1S/C15H25BNO4/c1-11-13(20-8-7-19-6)9-12(10-17-11)16-21-15(4,5)14(2,3)18/h9-10,18H,7-8H2,1-6H3. The normalized spacial score (nSPS) is 12.3. The van der Waals surface area contributed by atoms with Gasteiger partial charge in [0, 0.05) is 13.3 Å². The number of aliphatic hydroxyl groups is 1. The van der Waals surface area contributed by atoms with E-state index in [0.29, 0.717) is 19.0 Å². The largest absolute Gasteiger partial charge is 0.489 e. The summed E-state index contributed by atoms with van der Waals surface area (Å²) in [5.41, 5.74) is -0.0793. The monoisotopic (exact) mass is 294 g/mol. The number of aromatic nitrogens is 1. The fourth-order valence-corrected chi connectivity index (χ4v) is 1.33. The molecule has 0 saturated carbocycles. The lowest BCUT2D eigenvalue weighted by molar-refractivity contribution is -0.0893. The molecule has 0 spiro atoms. The zero-order valence-corrected chi connectivity index (χ0v) is 13.8. The van der Waals surface area contributed by atoms with E-state index in [-0.39, 0.29) is 0 Å². The lowest BCUT2D eigenvalue weighted by atomic mass is 9.83. The van der Waals surface area contributed by atoms with Crippen LogP contribution in [-0.4, -0.2) is 49.1 Å². The van der Waals surface area contributed by atoms with Gasteiger partial charge in [-0.15, -0.1) is 0 Å². The maximum atomic E-state index is 10.1. The summed E-state index contributed by atoms with van der Waals surface area (Å²) in [6, 6.07) is 1.86. The molecule has 6 heteroatoms. The van der Waals surface area contributed by atoms with Crippen molar-refractivity contribution in [1.82, 2.24) is 4.98 Å². The van der Waals surface area contributed by atoms with E-state index < -0.39 is 11.2 Å². The van der Waals surface area contributed by atoms with Crippen molar-refractivity contribution in [3.8, 4) is 5.75 Å². The molecule has 0 aromatic carbocycles. The molecule has 0 unspecified atom stereocenters. The predicted molar refractivity (Wildman–Crippen MR) is 83.2 cm³/mol. The van der Waals surface area contributed by atoms with Crippen molar-refractivity contribution < 1.29 is 19.2 Å². The third-order valence-corrected chi connectivity index (χ3v) is 3.57. The highest BCUT2D eigenvalue weighted by Crippen LogP contribution is 2.24. The molecule has 0 saturated heterocycles. The summed E-state index contributed by atoms with van der Waals surface area (Å²) >= 11 is 0. The maximum Gasteiger partial charge on any atom is 0.332 e. The molecule has 21 heavy (non-hydrogen) atoms. The average Bonchev–Trinajstić information content (AvgIpc) is 2.38. The van der Waals surface area contributed by atoms with Crippen molar-refractivity contribution in [1.29, 1.82) is 0 Å². The Labute approximate surface area is 127 Å². The second kappa shape index (κ2) is 7.25. The third kappa shape index (κ3) is 5.30. The second-order valence-corrected chi connectivity index (χ2v) is 6.00. The van der Waals surface area contributed by atoms with Crippen LogP contribution >= 0.6 is 0 Å². The summed E-state index contributed by atoms with van der Waals surface area (Å²) in [6.45, 7) is 9.98. The van der Waals surface area contributed by atoms with Crippen LogP contribution in [0.15, 0.2) is 12.3 Å². The molecular formula is C15H25BNO4. The van der Waals surface area contributed by atoms with Crippen LogP contribution in [0.3, 0.4) is 0 Å². The summed E-state index contributed by atoms with van der Waals surface area (Å²) in [5.74, 6) is 0.700. The number of ether oxygens (including phenoxy) is 2. The second-order valence-electron chi connectivity index (χ2n) is 6.00. The SMILES string of the molecule is COCCOc1cc([B]OC(C)(C)C(C)(C)O)cnc1C. The molecule has 1 radical (unpaired) electrons. The molecule has 0 aliphatic rings. The van der Waals surface area contributed by atoms with E-state index in [0.717, 1.165) is 11.2 Å². The molecule has 1 heterocycles. The fourth-order valence-electron chi connectivity index (χ4n) is 1.33. The van der Waals surface area contributed by atoms with Gasteiger partial charge in [0.15, 0.2) is 0 Å². The van der Waals surface area contributed by atoms with Crippen LogP contribution in [0.25, 0.3) is 0 Å². The Kier molecular flexibility index (Phi) is 6.19. The molecule has 1 N–H and O–H groups in total. The van der Waals surface area contributed by atoms with Crippen molar-refractivity contribution in [2.45, 2.75) is 45.8 Å². The van der Waals surface area contributed by atoms with Crippen molar-refractivity contribution in [2.75, 3.05) is 20.3 Å². The van der Waals surface area contributed by atoms with E-state index in [2.05, 4.69) is 4.98 Å². The molecule has 0 fully saturated rings. The molecule has 0 amide bonds. The predicted octanol–water partition coefficient (Wildman–Crippen LogP) is 1.23. The smallest absolute Gasteiger partial charge is 0.332 e. The zero-order valence-electron chi connectivity index (χ0n) is 13.8. The lowest BCUT2D eigenvalue weighted by Gasteiger charge is -2.37. The lowest BCUT2D eigenvalue weighted by Crippen LogP contribution is -2.49. The first-order chi connectivity index (χ1) is 9.67. The first-order valence-corrected chi connectivity index (χ1v) is 6.99. The summed E-state index contributed by atoms with van der Waals surface area (Å²) < 4.78 is 16.3. The Hall–Kier alpha value is -1.11. The minimum Gasteiger partial charge on any atom is -0.489 e. The maximum absolute atomic E-state index is 10.1. The van der Waals surface area contributed by atoms with Crippen LogP contribution < -0.4 is 10.2 Å².